The lowest BCUT2D eigenvalue weighted by molar-refractivity contribution is 0.110. The van der Waals surface area contributed by atoms with Crippen molar-refractivity contribution >= 4 is 0 Å². The molecule has 0 N–H and O–H groups in total. The second kappa shape index (κ2) is 6.90. The Labute approximate surface area is 112 Å². The van der Waals surface area contributed by atoms with Gasteiger partial charge in [0.2, 0.25) is 0 Å². The van der Waals surface area contributed by atoms with E-state index >= 15 is 0 Å². The van der Waals surface area contributed by atoms with E-state index in [-0.39, 0.29) is 5.82 Å². The zero-order valence-electron chi connectivity index (χ0n) is 10.9. The van der Waals surface area contributed by atoms with Crippen LogP contribution in [0.15, 0.2) is 48.5 Å². The number of ether oxygens (including phenoxy) is 2. The van der Waals surface area contributed by atoms with Crippen LogP contribution in [-0.4, -0.2) is 19.8 Å². The van der Waals surface area contributed by atoms with Gasteiger partial charge in [-0.2, -0.15) is 0 Å². The van der Waals surface area contributed by atoms with Crippen LogP contribution in [0.4, 0.5) is 4.39 Å². The van der Waals surface area contributed by atoms with Gasteiger partial charge < -0.3 is 9.47 Å². The van der Waals surface area contributed by atoms with E-state index in [0.717, 1.165) is 16.9 Å². The van der Waals surface area contributed by atoms with Gasteiger partial charge in [-0.15, -0.1) is 0 Å². The average molecular weight is 260 g/mol. The normalized spacial score (nSPS) is 10.4. The lowest BCUT2D eigenvalue weighted by Crippen LogP contribution is -2.06. The molecule has 0 aliphatic carbocycles. The molecule has 2 aromatic rings. The average Bonchev–Trinajstić information content (AvgIpc) is 2.45. The first-order valence-corrected chi connectivity index (χ1v) is 6.36. The first kappa shape index (κ1) is 13.6. The lowest BCUT2D eigenvalue weighted by Gasteiger charge is -2.07. The first-order valence-electron chi connectivity index (χ1n) is 6.36. The highest BCUT2D eigenvalue weighted by molar-refractivity contribution is 5.63. The van der Waals surface area contributed by atoms with E-state index in [4.69, 9.17) is 9.47 Å². The molecule has 0 bridgehead atoms. The summed E-state index contributed by atoms with van der Waals surface area (Å²) >= 11 is 0. The van der Waals surface area contributed by atoms with Crippen LogP contribution >= 0.6 is 0 Å². The maximum Gasteiger partial charge on any atom is 0.123 e. The van der Waals surface area contributed by atoms with Crippen molar-refractivity contribution < 1.29 is 13.9 Å². The quantitative estimate of drug-likeness (QED) is 0.733. The number of benzene rings is 2. The minimum atomic E-state index is -0.223. The van der Waals surface area contributed by atoms with Crippen LogP contribution < -0.4 is 4.74 Å². The molecular formula is C16H17FO2. The van der Waals surface area contributed by atoms with Crippen molar-refractivity contribution in [2.45, 2.75) is 6.92 Å². The summed E-state index contributed by atoms with van der Waals surface area (Å²) < 4.78 is 23.6. The molecule has 0 aliphatic heterocycles. The van der Waals surface area contributed by atoms with Crippen LogP contribution in [0.1, 0.15) is 6.92 Å². The molecule has 2 rings (SSSR count). The smallest absolute Gasteiger partial charge is 0.123 e. The van der Waals surface area contributed by atoms with Crippen molar-refractivity contribution in [1.29, 1.82) is 0 Å². The molecule has 0 saturated carbocycles. The van der Waals surface area contributed by atoms with Crippen LogP contribution in [-0.2, 0) is 4.74 Å². The molecule has 0 unspecified atom stereocenters. The standard InChI is InChI=1S/C16H17FO2/c1-2-18-11-12-19-16-9-5-14(6-10-16)13-3-7-15(17)8-4-13/h3-10H,2,11-12H2,1H3. The van der Waals surface area contributed by atoms with Crippen LogP contribution in [0.5, 0.6) is 5.75 Å². The summed E-state index contributed by atoms with van der Waals surface area (Å²) in [5.74, 6) is 0.588. The number of hydrogen-bond acceptors (Lipinski definition) is 2. The zero-order chi connectivity index (χ0) is 13.5. The molecule has 0 aromatic heterocycles. The van der Waals surface area contributed by atoms with Crippen molar-refractivity contribution in [2.24, 2.45) is 0 Å². The third kappa shape index (κ3) is 4.07. The van der Waals surface area contributed by atoms with Gasteiger partial charge in [0.05, 0.1) is 6.61 Å². The van der Waals surface area contributed by atoms with Crippen LogP contribution in [0.2, 0.25) is 0 Å². The molecule has 0 radical (unpaired) electrons. The van der Waals surface area contributed by atoms with E-state index in [9.17, 15) is 4.39 Å². The molecule has 2 aromatic carbocycles. The van der Waals surface area contributed by atoms with E-state index in [1.54, 1.807) is 12.1 Å². The minimum absolute atomic E-state index is 0.223. The predicted molar refractivity (Wildman–Crippen MR) is 73.8 cm³/mol. The molecule has 19 heavy (non-hydrogen) atoms. The second-order valence-corrected chi connectivity index (χ2v) is 4.08. The van der Waals surface area contributed by atoms with Gasteiger partial charge >= 0.3 is 0 Å². The van der Waals surface area contributed by atoms with Gasteiger partial charge in [0.25, 0.3) is 0 Å². The SMILES string of the molecule is CCOCCOc1ccc(-c2ccc(F)cc2)cc1. The Hall–Kier alpha value is -1.87. The minimum Gasteiger partial charge on any atom is -0.491 e. The molecule has 0 saturated heterocycles. The van der Waals surface area contributed by atoms with Crippen molar-refractivity contribution in [3.63, 3.8) is 0 Å². The Morgan fingerprint density at radius 2 is 1.42 bits per heavy atom. The van der Waals surface area contributed by atoms with E-state index in [2.05, 4.69) is 0 Å². The van der Waals surface area contributed by atoms with Gasteiger partial charge in [0, 0.05) is 6.61 Å². The highest BCUT2D eigenvalue weighted by Crippen LogP contribution is 2.22. The van der Waals surface area contributed by atoms with Crippen LogP contribution in [0, 0.1) is 5.82 Å². The monoisotopic (exact) mass is 260 g/mol. The van der Waals surface area contributed by atoms with Crippen LogP contribution in [0.25, 0.3) is 11.1 Å². The highest BCUT2D eigenvalue weighted by Gasteiger charge is 1.99. The number of rotatable bonds is 6. The summed E-state index contributed by atoms with van der Waals surface area (Å²) in [6, 6.07) is 14.2. The van der Waals surface area contributed by atoms with Crippen LogP contribution in [0.3, 0.4) is 0 Å². The summed E-state index contributed by atoms with van der Waals surface area (Å²) in [6.45, 7) is 3.80. The molecule has 0 atom stereocenters. The summed E-state index contributed by atoms with van der Waals surface area (Å²) in [5.41, 5.74) is 2.03. The van der Waals surface area contributed by atoms with Crippen molar-refractivity contribution in [3.05, 3.63) is 54.3 Å². The van der Waals surface area contributed by atoms with Gasteiger partial charge in [0.1, 0.15) is 18.2 Å². The lowest BCUT2D eigenvalue weighted by atomic mass is 10.1. The Balaban J connectivity index is 1.96. The van der Waals surface area contributed by atoms with E-state index in [1.165, 1.54) is 12.1 Å². The predicted octanol–water partition coefficient (Wildman–Crippen LogP) is 3.91. The van der Waals surface area contributed by atoms with Crippen molar-refractivity contribution in [3.8, 4) is 16.9 Å². The fraction of sp³-hybridized carbons (Fsp3) is 0.250. The number of halogens is 1. The Bertz CT molecular complexity index is 491. The second-order valence-electron chi connectivity index (χ2n) is 4.08. The fourth-order valence-corrected chi connectivity index (χ4v) is 1.75. The Morgan fingerprint density at radius 3 is 2.00 bits per heavy atom. The molecule has 100 valence electrons. The van der Waals surface area contributed by atoms with Gasteiger partial charge in [-0.05, 0) is 42.3 Å². The topological polar surface area (TPSA) is 18.5 Å². The molecule has 3 heteroatoms. The third-order valence-electron chi connectivity index (χ3n) is 2.73. The maximum absolute atomic E-state index is 12.8. The van der Waals surface area contributed by atoms with Gasteiger partial charge in [-0.25, -0.2) is 4.39 Å². The van der Waals surface area contributed by atoms with Crippen molar-refractivity contribution in [2.75, 3.05) is 19.8 Å². The maximum atomic E-state index is 12.8. The molecule has 0 fully saturated rings. The summed E-state index contributed by atoms with van der Waals surface area (Å²) in [7, 11) is 0. The van der Waals surface area contributed by atoms with E-state index in [1.807, 2.05) is 31.2 Å². The zero-order valence-corrected chi connectivity index (χ0v) is 10.9. The van der Waals surface area contributed by atoms with E-state index in [0.29, 0.717) is 19.8 Å². The molecule has 0 spiro atoms. The fourth-order valence-electron chi connectivity index (χ4n) is 1.75. The molecule has 0 aliphatic rings. The van der Waals surface area contributed by atoms with E-state index < -0.39 is 0 Å². The third-order valence-corrected chi connectivity index (χ3v) is 2.73. The Morgan fingerprint density at radius 1 is 0.842 bits per heavy atom. The van der Waals surface area contributed by atoms with Gasteiger partial charge in [0.15, 0.2) is 0 Å². The summed E-state index contributed by atoms with van der Waals surface area (Å²) in [4.78, 5) is 0. The molecule has 0 heterocycles. The number of hydrogen-bond donors (Lipinski definition) is 0. The van der Waals surface area contributed by atoms with Gasteiger partial charge in [-0.3, -0.25) is 0 Å². The first-order chi connectivity index (χ1) is 9.29. The van der Waals surface area contributed by atoms with Gasteiger partial charge in [-0.1, -0.05) is 24.3 Å². The largest absolute Gasteiger partial charge is 0.491 e. The molecule has 0 amide bonds. The summed E-state index contributed by atoms with van der Waals surface area (Å²) in [6.07, 6.45) is 0. The summed E-state index contributed by atoms with van der Waals surface area (Å²) in [5, 5.41) is 0. The molecular weight excluding hydrogens is 243 g/mol. The molecule has 2 nitrogen and oxygen atoms in total. The highest BCUT2D eigenvalue weighted by atomic mass is 19.1. The van der Waals surface area contributed by atoms with Crippen molar-refractivity contribution in [1.82, 2.24) is 0 Å². The Kier molecular flexibility index (Phi) is 4.93.